The third kappa shape index (κ3) is 5.42. The van der Waals surface area contributed by atoms with Gasteiger partial charge in [-0.25, -0.2) is 9.98 Å². The van der Waals surface area contributed by atoms with Gasteiger partial charge in [0.2, 0.25) is 0 Å². The first kappa shape index (κ1) is 36.7. The Balaban J connectivity index is 1.07. The van der Waals surface area contributed by atoms with Gasteiger partial charge in [-0.1, -0.05) is 146 Å². The lowest BCUT2D eigenvalue weighted by Gasteiger charge is -2.34. The van der Waals surface area contributed by atoms with Gasteiger partial charge in [0, 0.05) is 54.7 Å². The second-order valence-electron chi connectivity index (χ2n) is 17.6. The van der Waals surface area contributed by atoms with E-state index in [1.54, 1.807) is 0 Å². The molecule has 4 heterocycles. The third-order valence-corrected chi connectivity index (χ3v) is 13.7. The van der Waals surface area contributed by atoms with Gasteiger partial charge in [0.25, 0.3) is 0 Å². The number of fused-ring (bicyclic) bond motifs is 11. The normalized spacial score (nSPS) is 15.4. The van der Waals surface area contributed by atoms with Crippen molar-refractivity contribution in [1.29, 1.82) is 0 Å². The Bertz CT molecular complexity index is 4230. The number of para-hydroxylation sites is 4. The molecule has 10 aromatic carbocycles. The SMILES string of the molecule is CC1(c2cccc3c2c2ccccc2n3-c2ccccc2)N=C(c2cc(-n3c4ccccc4c4cc5ccccc5cc43)c3oc4ccccc4c3c2)N=C(c2ccc3ccccc3c2)N1. The zero-order valence-corrected chi connectivity index (χ0v) is 35.9. The van der Waals surface area contributed by atoms with Gasteiger partial charge in [-0.2, -0.15) is 0 Å². The van der Waals surface area contributed by atoms with E-state index in [1.807, 2.05) is 6.07 Å². The van der Waals surface area contributed by atoms with Crippen LogP contribution in [0.3, 0.4) is 0 Å². The summed E-state index contributed by atoms with van der Waals surface area (Å²) in [6.07, 6.45) is 0. The van der Waals surface area contributed by atoms with E-state index in [4.69, 9.17) is 14.4 Å². The van der Waals surface area contributed by atoms with Crippen LogP contribution in [-0.2, 0) is 5.66 Å². The molecule has 14 rings (SSSR count). The number of hydrogen-bond donors (Lipinski definition) is 1. The van der Waals surface area contributed by atoms with Crippen molar-refractivity contribution in [2.75, 3.05) is 0 Å². The van der Waals surface area contributed by atoms with Crippen molar-refractivity contribution in [2.24, 2.45) is 9.98 Å². The molecule has 0 radical (unpaired) electrons. The number of nitrogens with one attached hydrogen (secondary N) is 1. The van der Waals surface area contributed by atoms with Gasteiger partial charge in [-0.05, 0) is 95.2 Å². The summed E-state index contributed by atoms with van der Waals surface area (Å²) in [5, 5.41) is 15.3. The lowest BCUT2D eigenvalue weighted by atomic mass is 9.94. The summed E-state index contributed by atoms with van der Waals surface area (Å²) in [4.78, 5) is 11.3. The maximum absolute atomic E-state index is 6.89. The number of aliphatic imine (C=N–C) groups is 2. The van der Waals surface area contributed by atoms with Crippen LogP contribution in [0.25, 0.3) is 98.5 Å². The van der Waals surface area contributed by atoms with Gasteiger partial charge in [0.1, 0.15) is 11.4 Å². The summed E-state index contributed by atoms with van der Waals surface area (Å²) >= 11 is 0. The van der Waals surface area contributed by atoms with E-state index in [0.29, 0.717) is 5.84 Å². The van der Waals surface area contributed by atoms with Crippen LogP contribution in [0.15, 0.2) is 227 Å². The fourth-order valence-electron chi connectivity index (χ4n) is 10.7. The molecule has 0 aliphatic carbocycles. The van der Waals surface area contributed by atoms with Gasteiger partial charge in [0.15, 0.2) is 17.1 Å². The van der Waals surface area contributed by atoms with Crippen molar-refractivity contribution < 1.29 is 4.42 Å². The van der Waals surface area contributed by atoms with E-state index in [2.05, 4.69) is 228 Å². The number of benzene rings is 10. The Morgan fingerprint density at radius 1 is 0.455 bits per heavy atom. The highest BCUT2D eigenvalue weighted by molar-refractivity contribution is 6.20. The molecule has 0 saturated heterocycles. The van der Waals surface area contributed by atoms with Crippen molar-refractivity contribution in [3.8, 4) is 11.4 Å². The second kappa shape index (κ2) is 13.9. The number of aromatic nitrogens is 2. The molecule has 1 unspecified atom stereocenters. The van der Waals surface area contributed by atoms with Gasteiger partial charge in [-0.3, -0.25) is 0 Å². The predicted molar refractivity (Wildman–Crippen MR) is 274 cm³/mol. The molecular weight excluding hydrogens is 807 g/mol. The molecule has 310 valence electrons. The molecular formula is C60H39N5O. The predicted octanol–water partition coefficient (Wildman–Crippen LogP) is 14.8. The fraction of sp³-hybridized carbons (Fsp3) is 0.0333. The summed E-state index contributed by atoms with van der Waals surface area (Å²) < 4.78 is 11.6. The first-order valence-electron chi connectivity index (χ1n) is 22.5. The first-order chi connectivity index (χ1) is 32.6. The third-order valence-electron chi connectivity index (χ3n) is 13.7. The molecule has 0 spiro atoms. The first-order valence-corrected chi connectivity index (χ1v) is 22.5. The lowest BCUT2D eigenvalue weighted by Crippen LogP contribution is -2.46. The van der Waals surface area contributed by atoms with Gasteiger partial charge >= 0.3 is 0 Å². The molecule has 6 heteroatoms. The second-order valence-corrected chi connectivity index (χ2v) is 17.6. The maximum atomic E-state index is 6.89. The molecule has 1 aliphatic rings. The van der Waals surface area contributed by atoms with E-state index in [1.165, 1.54) is 26.9 Å². The zero-order valence-electron chi connectivity index (χ0n) is 35.9. The van der Waals surface area contributed by atoms with Crippen LogP contribution in [0.1, 0.15) is 23.6 Å². The molecule has 1 atom stereocenters. The quantitative estimate of drug-likeness (QED) is 0.188. The van der Waals surface area contributed by atoms with E-state index in [9.17, 15) is 0 Å². The molecule has 0 saturated carbocycles. The topological polar surface area (TPSA) is 59.8 Å². The smallest absolute Gasteiger partial charge is 0.159 e. The number of amidine groups is 2. The van der Waals surface area contributed by atoms with E-state index in [0.717, 1.165) is 94.1 Å². The van der Waals surface area contributed by atoms with Crippen LogP contribution in [-0.4, -0.2) is 20.8 Å². The van der Waals surface area contributed by atoms with E-state index < -0.39 is 5.66 Å². The summed E-state index contributed by atoms with van der Waals surface area (Å²) in [5.74, 6) is 1.38. The molecule has 0 bridgehead atoms. The maximum Gasteiger partial charge on any atom is 0.159 e. The minimum Gasteiger partial charge on any atom is -0.454 e. The lowest BCUT2D eigenvalue weighted by molar-refractivity contribution is 0.459. The Kier molecular flexibility index (Phi) is 7.72. The van der Waals surface area contributed by atoms with Crippen molar-refractivity contribution in [3.63, 3.8) is 0 Å². The molecule has 13 aromatic rings. The number of rotatable bonds is 5. The van der Waals surface area contributed by atoms with E-state index in [-0.39, 0.29) is 0 Å². The Hall–Kier alpha value is -8.74. The monoisotopic (exact) mass is 845 g/mol. The molecule has 3 aromatic heterocycles. The molecule has 1 N–H and O–H groups in total. The summed E-state index contributed by atoms with van der Waals surface area (Å²) in [6, 6.07) is 75.7. The average Bonchev–Trinajstić information content (AvgIpc) is 4.03. The number of nitrogens with zero attached hydrogens (tertiary/aromatic N) is 4. The van der Waals surface area contributed by atoms with Crippen LogP contribution in [0.4, 0.5) is 0 Å². The number of hydrogen-bond acceptors (Lipinski definition) is 4. The van der Waals surface area contributed by atoms with Crippen LogP contribution >= 0.6 is 0 Å². The van der Waals surface area contributed by atoms with Crippen molar-refractivity contribution in [1.82, 2.24) is 14.5 Å². The van der Waals surface area contributed by atoms with Crippen LogP contribution < -0.4 is 5.32 Å². The minimum absolute atomic E-state index is 0.628. The molecule has 66 heavy (non-hydrogen) atoms. The molecule has 0 amide bonds. The van der Waals surface area contributed by atoms with Crippen molar-refractivity contribution in [2.45, 2.75) is 12.6 Å². The summed E-state index contributed by atoms with van der Waals surface area (Å²) in [7, 11) is 0. The number of furan rings is 1. The van der Waals surface area contributed by atoms with Gasteiger partial charge in [0.05, 0.1) is 27.8 Å². The summed E-state index contributed by atoms with van der Waals surface area (Å²) in [6.45, 7) is 2.19. The average molecular weight is 846 g/mol. The molecule has 1 aliphatic heterocycles. The largest absolute Gasteiger partial charge is 0.454 e. The van der Waals surface area contributed by atoms with Crippen LogP contribution in [0, 0.1) is 0 Å². The van der Waals surface area contributed by atoms with Gasteiger partial charge in [-0.15, -0.1) is 0 Å². The zero-order chi connectivity index (χ0) is 43.5. The van der Waals surface area contributed by atoms with E-state index >= 15 is 0 Å². The van der Waals surface area contributed by atoms with Gasteiger partial charge < -0.3 is 18.9 Å². The summed E-state index contributed by atoms with van der Waals surface area (Å²) in [5.41, 5.74) is 10.1. The van der Waals surface area contributed by atoms with Crippen molar-refractivity contribution in [3.05, 3.63) is 229 Å². The fourth-order valence-corrected chi connectivity index (χ4v) is 10.7. The van der Waals surface area contributed by atoms with Crippen LogP contribution in [0.5, 0.6) is 0 Å². The Labute approximate surface area is 379 Å². The Morgan fingerprint density at radius 2 is 1.11 bits per heavy atom. The standard InChI is InChI=1S/C60H39N5O/c1-60(49-25-15-28-52-56(49)46-24-10-13-27-51(46)64(52)43-20-3-2-4-21-43)62-58(41-31-30-37-16-5-6-17-38(37)32-41)61-59(63-60)42-34-48-45-23-11-14-29-55(45)66-57(48)54(36-42)65-50-26-12-9-22-44(50)47-33-39-18-7-8-19-40(39)35-53(47)65/h2-36H,1H3,(H,61,62,63). The van der Waals surface area contributed by atoms with Crippen LogP contribution in [0.2, 0.25) is 0 Å². The Morgan fingerprint density at radius 3 is 1.92 bits per heavy atom. The highest BCUT2D eigenvalue weighted by atomic mass is 16.3. The molecule has 0 fully saturated rings. The highest BCUT2D eigenvalue weighted by Gasteiger charge is 2.35. The van der Waals surface area contributed by atoms with Crippen molar-refractivity contribution >= 4 is 98.8 Å². The highest BCUT2D eigenvalue weighted by Crippen LogP contribution is 2.43. The minimum atomic E-state index is -0.956. The molecule has 6 nitrogen and oxygen atoms in total.